The van der Waals surface area contributed by atoms with Gasteiger partial charge < -0.3 is 9.47 Å². The third-order valence-electron chi connectivity index (χ3n) is 2.49. The Bertz CT molecular complexity index is 535. The number of para-hydroxylation sites is 1. The molecule has 0 saturated carbocycles. The van der Waals surface area contributed by atoms with Crippen molar-refractivity contribution in [3.05, 3.63) is 60.2 Å². The van der Waals surface area contributed by atoms with Crippen molar-refractivity contribution >= 4 is 5.97 Å². The van der Waals surface area contributed by atoms with Gasteiger partial charge in [0.2, 0.25) is 0 Å². The van der Waals surface area contributed by atoms with E-state index >= 15 is 0 Å². The van der Waals surface area contributed by atoms with Crippen LogP contribution in [0, 0.1) is 0 Å². The van der Waals surface area contributed by atoms with Crippen LogP contribution in [-0.2, 0) is 4.74 Å². The molecule has 0 aromatic heterocycles. The maximum Gasteiger partial charge on any atom is 0.338 e. The number of ether oxygens (including phenoxy) is 2. The highest BCUT2D eigenvalue weighted by molar-refractivity contribution is 5.89. The quantitative estimate of drug-likeness (QED) is 0.757. The topological polar surface area (TPSA) is 35.5 Å². The van der Waals surface area contributed by atoms with Crippen molar-refractivity contribution < 1.29 is 14.3 Å². The smallest absolute Gasteiger partial charge is 0.338 e. The maximum atomic E-state index is 11.7. The Morgan fingerprint density at radius 1 is 1.00 bits per heavy atom. The fourth-order valence-electron chi connectivity index (χ4n) is 1.59. The lowest BCUT2D eigenvalue weighted by Gasteiger charge is -2.07. The van der Waals surface area contributed by atoms with Gasteiger partial charge in [-0.3, -0.25) is 0 Å². The zero-order valence-electron chi connectivity index (χ0n) is 10.8. The Morgan fingerprint density at radius 3 is 2.47 bits per heavy atom. The average Bonchev–Trinajstić information content (AvgIpc) is 2.46. The van der Waals surface area contributed by atoms with Crippen LogP contribution in [-0.4, -0.2) is 12.6 Å². The van der Waals surface area contributed by atoms with Gasteiger partial charge in [0.05, 0.1) is 12.2 Å². The lowest BCUT2D eigenvalue weighted by molar-refractivity contribution is 0.0505. The van der Waals surface area contributed by atoms with Crippen LogP contribution in [0.5, 0.6) is 11.5 Å². The van der Waals surface area contributed by atoms with Gasteiger partial charge in [-0.25, -0.2) is 4.79 Å². The molecule has 0 aliphatic carbocycles. The molecule has 3 nitrogen and oxygen atoms in total. The van der Waals surface area contributed by atoms with E-state index in [1.54, 1.807) is 18.2 Å². The van der Waals surface area contributed by atoms with Crippen molar-refractivity contribution in [1.82, 2.24) is 0 Å². The second kappa shape index (κ2) is 6.59. The molecule has 2 aromatic carbocycles. The van der Waals surface area contributed by atoms with Gasteiger partial charge in [-0.1, -0.05) is 31.2 Å². The number of hydrogen-bond acceptors (Lipinski definition) is 3. The van der Waals surface area contributed by atoms with Crippen LogP contribution in [0.4, 0.5) is 0 Å². The molecule has 98 valence electrons. The standard InChI is InChI=1S/C16H16O3/c1-2-11-18-16(17)13-7-6-10-15(12-13)19-14-8-4-3-5-9-14/h3-10,12H,2,11H2,1H3. The molecule has 0 N–H and O–H groups in total. The summed E-state index contributed by atoms with van der Waals surface area (Å²) in [5.74, 6) is 1.04. The van der Waals surface area contributed by atoms with E-state index in [4.69, 9.17) is 9.47 Å². The van der Waals surface area contributed by atoms with Crippen LogP contribution < -0.4 is 4.74 Å². The number of esters is 1. The highest BCUT2D eigenvalue weighted by Gasteiger charge is 2.08. The Hall–Kier alpha value is -2.29. The van der Waals surface area contributed by atoms with Gasteiger partial charge in [-0.05, 0) is 36.8 Å². The molecular formula is C16H16O3. The Kier molecular flexibility index (Phi) is 4.56. The van der Waals surface area contributed by atoms with Crippen LogP contribution in [0.2, 0.25) is 0 Å². The second-order valence-electron chi connectivity index (χ2n) is 4.08. The summed E-state index contributed by atoms with van der Waals surface area (Å²) in [7, 11) is 0. The molecule has 0 spiro atoms. The summed E-state index contributed by atoms with van der Waals surface area (Å²) in [5, 5.41) is 0. The minimum atomic E-state index is -0.319. The van der Waals surface area contributed by atoms with E-state index in [0.717, 1.165) is 12.2 Å². The zero-order chi connectivity index (χ0) is 13.5. The Balaban J connectivity index is 2.09. The fraction of sp³-hybridized carbons (Fsp3) is 0.188. The van der Waals surface area contributed by atoms with Crippen molar-refractivity contribution in [2.75, 3.05) is 6.61 Å². The number of rotatable bonds is 5. The molecule has 0 amide bonds. The summed E-state index contributed by atoms with van der Waals surface area (Å²) in [4.78, 5) is 11.7. The van der Waals surface area contributed by atoms with Crippen molar-refractivity contribution in [3.8, 4) is 11.5 Å². The molecule has 19 heavy (non-hydrogen) atoms. The van der Waals surface area contributed by atoms with E-state index in [-0.39, 0.29) is 5.97 Å². The van der Waals surface area contributed by atoms with Crippen LogP contribution in [0.25, 0.3) is 0 Å². The molecular weight excluding hydrogens is 240 g/mol. The zero-order valence-corrected chi connectivity index (χ0v) is 10.8. The van der Waals surface area contributed by atoms with Crippen LogP contribution in [0.3, 0.4) is 0 Å². The van der Waals surface area contributed by atoms with Gasteiger partial charge >= 0.3 is 5.97 Å². The minimum absolute atomic E-state index is 0.319. The Morgan fingerprint density at radius 2 is 1.74 bits per heavy atom. The first-order valence-corrected chi connectivity index (χ1v) is 6.29. The van der Waals surface area contributed by atoms with E-state index in [0.29, 0.717) is 17.9 Å². The highest BCUT2D eigenvalue weighted by atomic mass is 16.5. The van der Waals surface area contributed by atoms with Gasteiger partial charge in [0, 0.05) is 0 Å². The van der Waals surface area contributed by atoms with E-state index in [9.17, 15) is 4.79 Å². The molecule has 0 bridgehead atoms. The third kappa shape index (κ3) is 3.85. The molecule has 0 aliphatic rings. The van der Waals surface area contributed by atoms with Crippen LogP contribution in [0.15, 0.2) is 54.6 Å². The van der Waals surface area contributed by atoms with E-state index < -0.39 is 0 Å². The number of hydrogen-bond donors (Lipinski definition) is 0. The first-order valence-electron chi connectivity index (χ1n) is 6.29. The average molecular weight is 256 g/mol. The lowest BCUT2D eigenvalue weighted by Crippen LogP contribution is -2.05. The van der Waals surface area contributed by atoms with Crippen molar-refractivity contribution in [3.63, 3.8) is 0 Å². The molecule has 0 saturated heterocycles. The lowest BCUT2D eigenvalue weighted by atomic mass is 10.2. The fourth-order valence-corrected chi connectivity index (χ4v) is 1.59. The molecule has 0 radical (unpaired) electrons. The summed E-state index contributed by atoms with van der Waals surface area (Å²) < 4.78 is 10.8. The van der Waals surface area contributed by atoms with E-state index in [2.05, 4.69) is 0 Å². The highest BCUT2D eigenvalue weighted by Crippen LogP contribution is 2.22. The summed E-state index contributed by atoms with van der Waals surface area (Å²) in [5.41, 5.74) is 0.502. The predicted octanol–water partition coefficient (Wildman–Crippen LogP) is 4.05. The summed E-state index contributed by atoms with van der Waals surface area (Å²) in [6.07, 6.45) is 0.811. The minimum Gasteiger partial charge on any atom is -0.462 e. The third-order valence-corrected chi connectivity index (χ3v) is 2.49. The normalized spacial score (nSPS) is 9.95. The first-order chi connectivity index (χ1) is 9.29. The van der Waals surface area contributed by atoms with Crippen LogP contribution in [0.1, 0.15) is 23.7 Å². The first kappa shape index (κ1) is 13.1. The molecule has 3 heteroatoms. The monoisotopic (exact) mass is 256 g/mol. The Labute approximate surface area is 112 Å². The van der Waals surface area contributed by atoms with Crippen LogP contribution >= 0.6 is 0 Å². The molecule has 0 aliphatic heterocycles. The summed E-state index contributed by atoms with van der Waals surface area (Å²) >= 11 is 0. The van der Waals surface area contributed by atoms with E-state index in [1.165, 1.54) is 0 Å². The van der Waals surface area contributed by atoms with E-state index in [1.807, 2.05) is 43.3 Å². The van der Waals surface area contributed by atoms with Gasteiger partial charge in [0.1, 0.15) is 11.5 Å². The van der Waals surface area contributed by atoms with Gasteiger partial charge in [0.15, 0.2) is 0 Å². The molecule has 0 heterocycles. The van der Waals surface area contributed by atoms with Crippen molar-refractivity contribution in [1.29, 1.82) is 0 Å². The predicted molar refractivity (Wildman–Crippen MR) is 73.5 cm³/mol. The summed E-state index contributed by atoms with van der Waals surface area (Å²) in [6.45, 7) is 2.39. The number of carbonyl (C=O) groups is 1. The van der Waals surface area contributed by atoms with Crippen molar-refractivity contribution in [2.45, 2.75) is 13.3 Å². The molecule has 0 unspecified atom stereocenters. The molecule has 0 fully saturated rings. The molecule has 0 atom stereocenters. The van der Waals surface area contributed by atoms with Gasteiger partial charge in [0.25, 0.3) is 0 Å². The largest absolute Gasteiger partial charge is 0.462 e. The maximum absolute atomic E-state index is 11.7. The number of benzene rings is 2. The molecule has 2 rings (SSSR count). The number of carbonyl (C=O) groups excluding carboxylic acids is 1. The van der Waals surface area contributed by atoms with Gasteiger partial charge in [-0.15, -0.1) is 0 Å². The van der Waals surface area contributed by atoms with Crippen molar-refractivity contribution in [2.24, 2.45) is 0 Å². The summed E-state index contributed by atoms with van der Waals surface area (Å²) in [6, 6.07) is 16.4. The SMILES string of the molecule is CCCOC(=O)c1cccc(Oc2ccccc2)c1. The molecule has 2 aromatic rings. The second-order valence-corrected chi connectivity index (χ2v) is 4.08. The van der Waals surface area contributed by atoms with Gasteiger partial charge in [-0.2, -0.15) is 0 Å².